The Kier molecular flexibility index (Phi) is 30.2. The Morgan fingerprint density at radius 3 is 1.77 bits per heavy atom. The molecule has 28 heteroatoms. The second-order valence-electron chi connectivity index (χ2n) is 26.7. The van der Waals surface area contributed by atoms with Gasteiger partial charge in [0.05, 0.1) is 31.6 Å². The van der Waals surface area contributed by atoms with Crippen LogP contribution in [0.25, 0.3) is 0 Å². The SMILES string of the molecule is C#CC[C@@H]1NC(=O)[C@H](Cc2cccc(I)c2)NC(=O)CN(C)C(=O)[C@H](Cc2ccc(C(F)(F)F)cc2)N(C)C(=O)CN(C)C(=O)CN(C)C(=O)[C@H]([C@@H](C)CC)NC(=O)[C@H](CC(C)C)N(C)C(=O)C[C@@H](C(=O)N2CCCCC2)N(C)C(=O)[C@H](CC(C)C)NC(=O)C(C)(C)N(C)C1=O. The average Bonchev–Trinajstić information content (AvgIpc) is 0.833. The first-order valence-corrected chi connectivity index (χ1v) is 33.5. The lowest BCUT2D eigenvalue weighted by Gasteiger charge is -2.39. The van der Waals surface area contributed by atoms with Crippen molar-refractivity contribution in [1.29, 1.82) is 0 Å². The van der Waals surface area contributed by atoms with Crippen LogP contribution in [0.3, 0.4) is 0 Å². The van der Waals surface area contributed by atoms with Crippen LogP contribution in [0.5, 0.6) is 0 Å². The maximum absolute atomic E-state index is 15.1. The summed E-state index contributed by atoms with van der Waals surface area (Å²) < 4.78 is 41.9. The number of hydrogen-bond donors (Lipinski definition) is 4. The van der Waals surface area contributed by atoms with Crippen molar-refractivity contribution < 1.29 is 70.7 Å². The summed E-state index contributed by atoms with van der Waals surface area (Å²) >= 11 is 2.06. The number of benzene rings is 2. The molecule has 2 saturated heterocycles. The van der Waals surface area contributed by atoms with Gasteiger partial charge in [-0.15, -0.1) is 12.3 Å². The molecule has 4 N–H and O–H groups in total. The fraction of sp³-hybridized carbons (Fsp3) is 0.618. The lowest BCUT2D eigenvalue weighted by Crippen LogP contribution is -2.63. The highest BCUT2D eigenvalue weighted by atomic mass is 127. The fourth-order valence-corrected chi connectivity index (χ4v) is 11.9. The van der Waals surface area contributed by atoms with Gasteiger partial charge in [0.25, 0.3) is 0 Å². The number of rotatable bonds is 12. The molecule has 0 aliphatic carbocycles. The van der Waals surface area contributed by atoms with Gasteiger partial charge in [0.2, 0.25) is 70.9 Å². The molecule has 0 bridgehead atoms. The van der Waals surface area contributed by atoms with Crippen LogP contribution in [0.15, 0.2) is 48.5 Å². The van der Waals surface area contributed by atoms with Crippen LogP contribution >= 0.6 is 22.6 Å². The summed E-state index contributed by atoms with van der Waals surface area (Å²) in [5.41, 5.74) is -2.04. The molecule has 4 rings (SSSR count). The van der Waals surface area contributed by atoms with Gasteiger partial charge in [0.15, 0.2) is 0 Å². The molecule has 0 spiro atoms. The molecule has 12 amide bonds. The van der Waals surface area contributed by atoms with Crippen molar-refractivity contribution in [2.24, 2.45) is 17.8 Å². The largest absolute Gasteiger partial charge is 0.416 e. The Hall–Kier alpha value is -7.84. The highest BCUT2D eigenvalue weighted by Crippen LogP contribution is 2.30. The highest BCUT2D eigenvalue weighted by Gasteiger charge is 2.44. The quantitative estimate of drug-likeness (QED) is 0.175. The topological polar surface area (TPSA) is 279 Å². The number of amides is 12. The van der Waals surface area contributed by atoms with Gasteiger partial charge in [-0.05, 0) is 122 Å². The Bertz CT molecular complexity index is 3170. The van der Waals surface area contributed by atoms with E-state index in [1.165, 1.54) is 68.1 Å². The van der Waals surface area contributed by atoms with E-state index < -0.39 is 169 Å². The monoisotopic (exact) mass is 1460 g/mol. The molecule has 2 aromatic rings. The molecule has 8 atom stereocenters. The zero-order valence-electron chi connectivity index (χ0n) is 58.1. The van der Waals surface area contributed by atoms with Crippen molar-refractivity contribution in [2.45, 2.75) is 174 Å². The first-order chi connectivity index (χ1) is 44.7. The molecule has 0 radical (unpaired) electrons. The molecule has 96 heavy (non-hydrogen) atoms. The van der Waals surface area contributed by atoms with Crippen molar-refractivity contribution >= 4 is 93.5 Å². The van der Waals surface area contributed by atoms with Crippen LogP contribution < -0.4 is 21.3 Å². The summed E-state index contributed by atoms with van der Waals surface area (Å²) in [6.45, 7) is 12.2. The van der Waals surface area contributed by atoms with E-state index in [4.69, 9.17) is 6.42 Å². The molecule has 530 valence electrons. The highest BCUT2D eigenvalue weighted by molar-refractivity contribution is 14.1. The molecule has 2 aromatic carbocycles. The first kappa shape index (κ1) is 80.6. The number of nitrogens with one attached hydrogen (secondary N) is 4. The number of carbonyl (C=O) groups is 12. The van der Waals surface area contributed by atoms with Gasteiger partial charge in [0.1, 0.15) is 47.8 Å². The average molecular weight is 1460 g/mol. The molecule has 24 nitrogen and oxygen atoms in total. The minimum Gasteiger partial charge on any atom is -0.342 e. The lowest BCUT2D eigenvalue weighted by molar-refractivity contribution is -0.152. The Morgan fingerprint density at radius 2 is 1.21 bits per heavy atom. The first-order valence-electron chi connectivity index (χ1n) is 32.4. The van der Waals surface area contributed by atoms with Crippen molar-refractivity contribution in [3.8, 4) is 12.3 Å². The second kappa shape index (κ2) is 35.9. The van der Waals surface area contributed by atoms with Crippen LogP contribution in [0.1, 0.15) is 123 Å². The van der Waals surface area contributed by atoms with Crippen LogP contribution in [-0.4, -0.2) is 240 Å². The number of piperidine rings is 1. The number of carbonyl (C=O) groups excluding carboxylic acids is 12. The van der Waals surface area contributed by atoms with E-state index in [1.54, 1.807) is 43.0 Å². The van der Waals surface area contributed by atoms with Gasteiger partial charge in [-0.3, -0.25) is 57.5 Å². The van der Waals surface area contributed by atoms with Gasteiger partial charge in [-0.2, -0.15) is 13.2 Å². The van der Waals surface area contributed by atoms with E-state index in [0.29, 0.717) is 37.9 Å². The minimum absolute atomic E-state index is 0.0290. The number of terminal acetylenes is 1. The Balaban J connectivity index is 1.89. The summed E-state index contributed by atoms with van der Waals surface area (Å²) in [6, 6.07) is 1.03. The van der Waals surface area contributed by atoms with E-state index in [2.05, 4.69) is 49.8 Å². The fourth-order valence-electron chi connectivity index (χ4n) is 11.3. The maximum Gasteiger partial charge on any atom is 0.416 e. The summed E-state index contributed by atoms with van der Waals surface area (Å²) in [5.74, 6) is -7.99. The molecule has 0 saturated carbocycles. The zero-order valence-corrected chi connectivity index (χ0v) is 60.2. The Morgan fingerprint density at radius 1 is 0.625 bits per heavy atom. The van der Waals surface area contributed by atoms with Crippen LogP contribution in [0.4, 0.5) is 13.2 Å². The van der Waals surface area contributed by atoms with Gasteiger partial charge >= 0.3 is 6.18 Å². The van der Waals surface area contributed by atoms with Crippen LogP contribution in [-0.2, 0) is 76.6 Å². The van der Waals surface area contributed by atoms with Crippen LogP contribution in [0, 0.1) is 33.7 Å². The molecule has 0 aromatic heterocycles. The number of hydrogen-bond acceptors (Lipinski definition) is 12. The predicted molar refractivity (Wildman–Crippen MR) is 362 cm³/mol. The van der Waals surface area contributed by atoms with Crippen molar-refractivity contribution in [1.82, 2.24) is 60.5 Å². The predicted octanol–water partition coefficient (Wildman–Crippen LogP) is 3.71. The van der Waals surface area contributed by atoms with Crippen LogP contribution in [0.2, 0.25) is 0 Å². The smallest absolute Gasteiger partial charge is 0.342 e. The number of likely N-dealkylation sites (N-methyl/N-ethyl adjacent to an activating group) is 7. The van der Waals surface area contributed by atoms with E-state index in [-0.39, 0.29) is 43.1 Å². The number of alkyl halides is 3. The molecule has 2 aliphatic rings. The van der Waals surface area contributed by atoms with Gasteiger partial charge in [-0.25, -0.2) is 0 Å². The Labute approximate surface area is 576 Å². The minimum atomic E-state index is -4.71. The van der Waals surface area contributed by atoms with Gasteiger partial charge in [0, 0.05) is 85.3 Å². The van der Waals surface area contributed by atoms with E-state index in [1.807, 2.05) is 27.7 Å². The number of nitrogens with zero attached hydrogens (tertiary/aromatic N) is 8. The summed E-state index contributed by atoms with van der Waals surface area (Å²) in [7, 11) is 9.11. The number of likely N-dealkylation sites (tertiary alicyclic amines) is 1. The number of halogens is 4. The van der Waals surface area contributed by atoms with Crippen molar-refractivity contribution in [3.63, 3.8) is 0 Å². The maximum atomic E-state index is 15.1. The lowest BCUT2D eigenvalue weighted by atomic mass is 9.95. The molecule has 2 heterocycles. The second-order valence-corrected chi connectivity index (χ2v) is 27.9. The molecular weight excluding hydrogens is 1360 g/mol. The zero-order chi connectivity index (χ0) is 72.4. The van der Waals surface area contributed by atoms with Gasteiger partial charge < -0.3 is 60.5 Å². The molecule has 0 unspecified atom stereocenters. The van der Waals surface area contributed by atoms with E-state index in [9.17, 15) is 65.9 Å². The normalized spacial score (nSPS) is 23.8. The van der Waals surface area contributed by atoms with Crippen molar-refractivity contribution in [3.05, 3.63) is 68.8 Å². The molecular formula is C68H98F3IN12O12. The standard InChI is InChI=1S/C68H98F3IN12O12/c1-17-23-48-62(92)83(16)67(8,9)66(96)75-50(32-41(3)4)61(91)82(15)53(64(94)84-30-20-19-21-31-84)37-55(86)80(13)51(33-42(5)6)60(90)76-58(43(7)18-2)65(95)79(12)39-56(87)77(10)40-57(88)81(14)52(36-44-26-28-46(29-27-44)68(69,70)71)63(93)78(11)38-54(85)73-49(59(89)74-48)35-45-24-22-25-47(72)34-45/h1,22,24-29,34,41-43,48-53,58H,18-21,23,30-33,35-40H2,2-16H3,(H,73,85)(H,74,89)(H,75,96)(H,76,90)/t43-,48-,49-,50-,51-,52-,53-,58-/m0/s1. The summed E-state index contributed by atoms with van der Waals surface area (Å²) in [4.78, 5) is 184. The third-order valence-electron chi connectivity index (χ3n) is 17.9. The molecule has 2 aliphatic heterocycles. The third-order valence-corrected chi connectivity index (χ3v) is 18.6. The summed E-state index contributed by atoms with van der Waals surface area (Å²) in [6.07, 6.45) is 2.18. The summed E-state index contributed by atoms with van der Waals surface area (Å²) in [5, 5.41) is 10.9. The van der Waals surface area contributed by atoms with E-state index in [0.717, 1.165) is 63.7 Å². The third kappa shape index (κ3) is 22.4. The van der Waals surface area contributed by atoms with E-state index >= 15 is 4.79 Å². The van der Waals surface area contributed by atoms with Gasteiger partial charge in [-0.1, -0.05) is 72.2 Å². The molecule has 2 fully saturated rings. The van der Waals surface area contributed by atoms with Crippen molar-refractivity contribution in [2.75, 3.05) is 82.1 Å².